The molecule has 0 amide bonds. The zero-order valence-corrected chi connectivity index (χ0v) is 19.7. The summed E-state index contributed by atoms with van der Waals surface area (Å²) in [5, 5.41) is 11.0. The van der Waals surface area contributed by atoms with Crippen molar-refractivity contribution in [1.82, 2.24) is 25.4 Å². The number of aromatic nitrogens is 3. The van der Waals surface area contributed by atoms with Crippen LogP contribution in [0.4, 0.5) is 0 Å². The van der Waals surface area contributed by atoms with Crippen molar-refractivity contribution in [2.45, 2.75) is 33.5 Å². The standard InChI is InChI=1S/C22H28N6O.HI/c1-3-23-22(26-16-19-11-7-12-24-21(19)29-4-2)25-15-18-9-5-6-10-20(18)17-28-14-8-13-27-28;/h5-14H,3-4,15-17H2,1-2H3,(H2,23,25,26);1H. The van der Waals surface area contributed by atoms with Crippen molar-refractivity contribution < 1.29 is 4.74 Å². The van der Waals surface area contributed by atoms with Crippen LogP contribution in [0.5, 0.6) is 5.88 Å². The maximum atomic E-state index is 5.59. The summed E-state index contributed by atoms with van der Waals surface area (Å²) in [6.45, 7) is 7.28. The van der Waals surface area contributed by atoms with Gasteiger partial charge in [-0.2, -0.15) is 5.10 Å². The minimum Gasteiger partial charge on any atom is -0.478 e. The largest absolute Gasteiger partial charge is 0.478 e. The Labute approximate surface area is 195 Å². The Morgan fingerprint density at radius 1 is 1.00 bits per heavy atom. The van der Waals surface area contributed by atoms with E-state index in [1.165, 1.54) is 11.1 Å². The van der Waals surface area contributed by atoms with Crippen LogP contribution in [0, 0.1) is 0 Å². The number of ether oxygens (including phenoxy) is 1. The van der Waals surface area contributed by atoms with Gasteiger partial charge in [0.15, 0.2) is 5.96 Å². The van der Waals surface area contributed by atoms with Crippen LogP contribution >= 0.6 is 24.0 Å². The minimum absolute atomic E-state index is 0. The number of benzene rings is 1. The predicted octanol–water partition coefficient (Wildman–Crippen LogP) is 3.60. The summed E-state index contributed by atoms with van der Waals surface area (Å²) in [4.78, 5) is 9.00. The van der Waals surface area contributed by atoms with Crippen molar-refractivity contribution in [3.63, 3.8) is 0 Å². The summed E-state index contributed by atoms with van der Waals surface area (Å²) in [5.74, 6) is 1.40. The van der Waals surface area contributed by atoms with E-state index in [-0.39, 0.29) is 24.0 Å². The first-order chi connectivity index (χ1) is 14.3. The van der Waals surface area contributed by atoms with Crippen LogP contribution in [-0.4, -0.2) is 33.9 Å². The Morgan fingerprint density at radius 3 is 2.53 bits per heavy atom. The molecular weight excluding hydrogens is 491 g/mol. The summed E-state index contributed by atoms with van der Waals surface area (Å²) in [6.07, 6.45) is 5.50. The van der Waals surface area contributed by atoms with E-state index in [4.69, 9.17) is 9.73 Å². The van der Waals surface area contributed by atoms with E-state index >= 15 is 0 Å². The lowest BCUT2D eigenvalue weighted by Gasteiger charge is -2.14. The lowest BCUT2D eigenvalue weighted by atomic mass is 10.1. The van der Waals surface area contributed by atoms with Gasteiger partial charge in [0.25, 0.3) is 0 Å². The average Bonchev–Trinajstić information content (AvgIpc) is 3.25. The van der Waals surface area contributed by atoms with E-state index in [1.54, 1.807) is 12.4 Å². The summed E-state index contributed by atoms with van der Waals surface area (Å²) < 4.78 is 7.52. The summed E-state index contributed by atoms with van der Waals surface area (Å²) in [7, 11) is 0. The SMILES string of the molecule is CCNC(=NCc1cccnc1OCC)NCc1ccccc1Cn1cccn1.I. The van der Waals surface area contributed by atoms with Crippen LogP contribution in [0.25, 0.3) is 0 Å². The van der Waals surface area contributed by atoms with Gasteiger partial charge >= 0.3 is 0 Å². The fraction of sp³-hybridized carbons (Fsp3) is 0.318. The Bertz CT molecular complexity index is 914. The lowest BCUT2D eigenvalue weighted by molar-refractivity contribution is 0.323. The van der Waals surface area contributed by atoms with E-state index < -0.39 is 0 Å². The highest BCUT2D eigenvalue weighted by Crippen LogP contribution is 2.15. The summed E-state index contributed by atoms with van der Waals surface area (Å²) in [5.41, 5.74) is 3.40. The molecule has 0 aliphatic rings. The Morgan fingerprint density at radius 2 is 1.80 bits per heavy atom. The molecule has 0 spiro atoms. The summed E-state index contributed by atoms with van der Waals surface area (Å²) in [6, 6.07) is 14.2. The van der Waals surface area contributed by atoms with Gasteiger partial charge in [0, 0.05) is 37.2 Å². The van der Waals surface area contributed by atoms with Gasteiger partial charge in [0.1, 0.15) is 0 Å². The van der Waals surface area contributed by atoms with Crippen LogP contribution in [0.2, 0.25) is 0 Å². The predicted molar refractivity (Wildman–Crippen MR) is 130 cm³/mol. The highest BCUT2D eigenvalue weighted by Gasteiger charge is 2.07. The Balaban J connectivity index is 0.00000320. The monoisotopic (exact) mass is 520 g/mol. The zero-order valence-electron chi connectivity index (χ0n) is 17.4. The van der Waals surface area contributed by atoms with Gasteiger partial charge in [0.2, 0.25) is 5.88 Å². The molecule has 0 fully saturated rings. The Kier molecular flexibility index (Phi) is 10.1. The van der Waals surface area contributed by atoms with E-state index in [0.29, 0.717) is 25.6 Å². The molecule has 0 unspecified atom stereocenters. The maximum Gasteiger partial charge on any atom is 0.218 e. The molecule has 2 N–H and O–H groups in total. The van der Waals surface area contributed by atoms with Crippen LogP contribution in [0.15, 0.2) is 66.0 Å². The average molecular weight is 520 g/mol. The maximum absolute atomic E-state index is 5.59. The first-order valence-corrected chi connectivity index (χ1v) is 9.93. The third kappa shape index (κ3) is 7.01. The van der Waals surface area contributed by atoms with Gasteiger partial charge in [0.05, 0.1) is 19.7 Å². The number of nitrogens with one attached hydrogen (secondary N) is 2. The molecule has 3 aromatic rings. The van der Waals surface area contributed by atoms with Gasteiger partial charge in [-0.05, 0) is 37.1 Å². The topological polar surface area (TPSA) is 76.4 Å². The fourth-order valence-electron chi connectivity index (χ4n) is 2.95. The smallest absolute Gasteiger partial charge is 0.218 e. The van der Waals surface area contributed by atoms with Gasteiger partial charge in [-0.15, -0.1) is 24.0 Å². The molecule has 8 heteroatoms. The first kappa shape index (κ1) is 23.7. The second-order valence-electron chi connectivity index (χ2n) is 6.42. The van der Waals surface area contributed by atoms with E-state index in [2.05, 4.69) is 51.9 Å². The number of hydrogen-bond acceptors (Lipinski definition) is 4. The van der Waals surface area contributed by atoms with Gasteiger partial charge in [-0.25, -0.2) is 9.98 Å². The number of rotatable bonds is 9. The van der Waals surface area contributed by atoms with E-state index in [9.17, 15) is 0 Å². The van der Waals surface area contributed by atoms with Crippen molar-refractivity contribution in [2.24, 2.45) is 4.99 Å². The quantitative estimate of drug-likeness (QED) is 0.256. The van der Waals surface area contributed by atoms with Crippen LogP contribution in [-0.2, 0) is 19.6 Å². The molecule has 2 aromatic heterocycles. The molecular formula is C22H29IN6O. The van der Waals surface area contributed by atoms with Crippen molar-refractivity contribution in [3.8, 4) is 5.88 Å². The minimum atomic E-state index is 0. The molecule has 2 heterocycles. The molecule has 0 aliphatic heterocycles. The second-order valence-corrected chi connectivity index (χ2v) is 6.42. The molecule has 3 rings (SSSR count). The van der Waals surface area contributed by atoms with Crippen molar-refractivity contribution in [1.29, 1.82) is 0 Å². The summed E-state index contributed by atoms with van der Waals surface area (Å²) >= 11 is 0. The van der Waals surface area contributed by atoms with Crippen molar-refractivity contribution in [2.75, 3.05) is 13.2 Å². The number of nitrogens with zero attached hydrogens (tertiary/aromatic N) is 4. The zero-order chi connectivity index (χ0) is 20.3. The van der Waals surface area contributed by atoms with Gasteiger partial charge in [-0.3, -0.25) is 4.68 Å². The number of pyridine rings is 1. The molecule has 0 radical (unpaired) electrons. The third-order valence-electron chi connectivity index (χ3n) is 4.34. The van der Waals surface area contributed by atoms with Crippen LogP contribution in [0.3, 0.4) is 0 Å². The lowest BCUT2D eigenvalue weighted by Crippen LogP contribution is -2.37. The van der Waals surface area contributed by atoms with Gasteiger partial charge in [-0.1, -0.05) is 30.3 Å². The van der Waals surface area contributed by atoms with E-state index in [1.807, 2.05) is 36.0 Å². The van der Waals surface area contributed by atoms with Crippen molar-refractivity contribution >= 4 is 29.9 Å². The normalized spacial score (nSPS) is 10.9. The van der Waals surface area contributed by atoms with E-state index in [0.717, 1.165) is 24.6 Å². The first-order valence-electron chi connectivity index (χ1n) is 9.93. The highest BCUT2D eigenvalue weighted by atomic mass is 127. The third-order valence-corrected chi connectivity index (χ3v) is 4.34. The molecule has 160 valence electrons. The van der Waals surface area contributed by atoms with Gasteiger partial charge < -0.3 is 15.4 Å². The second kappa shape index (κ2) is 12.8. The van der Waals surface area contributed by atoms with Crippen LogP contribution in [0.1, 0.15) is 30.5 Å². The molecule has 30 heavy (non-hydrogen) atoms. The molecule has 0 bridgehead atoms. The number of guanidine groups is 1. The molecule has 0 saturated carbocycles. The molecule has 1 aromatic carbocycles. The number of aliphatic imine (C=N–C) groups is 1. The van der Waals surface area contributed by atoms with Crippen molar-refractivity contribution in [3.05, 3.63) is 77.7 Å². The Hall–Kier alpha value is -2.62. The highest BCUT2D eigenvalue weighted by molar-refractivity contribution is 14.0. The number of hydrogen-bond donors (Lipinski definition) is 2. The molecule has 0 aliphatic carbocycles. The molecule has 0 saturated heterocycles. The molecule has 0 atom stereocenters. The van der Waals surface area contributed by atoms with Crippen LogP contribution < -0.4 is 15.4 Å². The number of halogens is 1. The molecule has 7 nitrogen and oxygen atoms in total. The fourth-order valence-corrected chi connectivity index (χ4v) is 2.95.